The van der Waals surface area contributed by atoms with Crippen LogP contribution in [0, 0.1) is 6.92 Å². The summed E-state index contributed by atoms with van der Waals surface area (Å²) >= 11 is -1.72. The van der Waals surface area contributed by atoms with E-state index in [0.29, 0.717) is 0 Å². The summed E-state index contributed by atoms with van der Waals surface area (Å²) in [6.45, 7) is 1.84. The predicted octanol–water partition coefficient (Wildman–Crippen LogP) is 2.93. The smallest absolute Gasteiger partial charge is 0.282 e. The minimum Gasteiger partial charge on any atom is -0.282 e. The Kier molecular flexibility index (Phi) is 7.22. The molecule has 0 radical (unpaired) electrons. The van der Waals surface area contributed by atoms with Crippen LogP contribution in [0.3, 0.4) is 0 Å². The number of halogens is 3. The van der Waals surface area contributed by atoms with Crippen LogP contribution < -0.4 is 0 Å². The molecule has 0 bridgehead atoms. The molecule has 1 rings (SSSR count). The minimum absolute atomic E-state index is 0.0666. The molecule has 15 heavy (non-hydrogen) atoms. The Morgan fingerprint density at radius 2 is 1.47 bits per heavy atom. The van der Waals surface area contributed by atoms with E-state index >= 15 is 0 Å². The van der Waals surface area contributed by atoms with Crippen molar-refractivity contribution in [3.8, 4) is 0 Å². The Bertz CT molecular complexity index is 388. The predicted molar refractivity (Wildman–Crippen MR) is 64.3 cm³/mol. The first-order chi connectivity index (χ1) is 6.73. The van der Waals surface area contributed by atoms with Gasteiger partial charge in [0.15, 0.2) is 0 Å². The van der Waals surface area contributed by atoms with Crippen LogP contribution in [0.15, 0.2) is 29.2 Å². The lowest BCUT2D eigenvalue weighted by Crippen LogP contribution is -1.96. The third-order valence-electron chi connectivity index (χ3n) is 1.32. The Hall–Kier alpha value is 0.532. The highest BCUT2D eigenvalue weighted by Gasteiger charge is 2.06. The zero-order valence-corrected chi connectivity index (χ0v) is 11.9. The van der Waals surface area contributed by atoms with Crippen LogP contribution in [0.2, 0.25) is 0 Å². The van der Waals surface area contributed by atoms with E-state index in [1.807, 2.05) is 6.92 Å². The van der Waals surface area contributed by atoms with E-state index in [2.05, 4.69) is 0 Å². The molecule has 1 aromatic carbocycles. The molecule has 0 aliphatic carbocycles. The van der Waals surface area contributed by atoms with E-state index in [1.54, 1.807) is 12.1 Å². The Balaban J connectivity index is 0.000000423. The second-order valence-corrected chi connectivity index (χ2v) is 10.4. The summed E-state index contributed by atoms with van der Waals surface area (Å²) in [6.07, 6.45) is 0. The van der Waals surface area contributed by atoms with Gasteiger partial charge in [0.2, 0.25) is 0 Å². The van der Waals surface area contributed by atoms with Crippen LogP contribution in [-0.2, 0) is 10.1 Å². The maximum atomic E-state index is 10.5. The number of aryl methyl sites for hydroxylation is 1. The zero-order valence-electron chi connectivity index (χ0n) is 7.69. The van der Waals surface area contributed by atoms with Crippen LogP contribution in [-0.4, -0.2) is 24.4 Å². The molecular weight excluding hydrogens is 297 g/mol. The van der Waals surface area contributed by atoms with Gasteiger partial charge in [-0.25, -0.2) is 30.1 Å². The van der Waals surface area contributed by atoms with Crippen molar-refractivity contribution in [2.75, 3.05) is 0 Å². The van der Waals surface area contributed by atoms with Crippen molar-refractivity contribution in [1.29, 1.82) is 0 Å². The summed E-state index contributed by atoms with van der Waals surface area (Å²) in [5.74, 6) is 0. The molecular formula is C7H8AlCl3O3S. The van der Waals surface area contributed by atoms with Crippen molar-refractivity contribution < 1.29 is 13.0 Å². The molecule has 0 aromatic heterocycles. The minimum atomic E-state index is -4.02. The van der Waals surface area contributed by atoms with Crippen molar-refractivity contribution in [2.24, 2.45) is 0 Å². The highest BCUT2D eigenvalue weighted by Crippen LogP contribution is 2.08. The molecule has 0 saturated carbocycles. The van der Waals surface area contributed by atoms with Crippen molar-refractivity contribution in [3.05, 3.63) is 29.8 Å². The molecule has 8 heteroatoms. The average molecular weight is 306 g/mol. The summed E-state index contributed by atoms with van der Waals surface area (Å²) in [5.41, 5.74) is 0.956. The highest BCUT2D eigenvalue weighted by atomic mass is 35.8. The van der Waals surface area contributed by atoms with Crippen LogP contribution in [0.5, 0.6) is 0 Å². The maximum absolute atomic E-state index is 10.5. The molecule has 0 fully saturated rings. The summed E-state index contributed by atoms with van der Waals surface area (Å²) in [6, 6.07) is 5.99. The second-order valence-electron chi connectivity index (χ2n) is 2.54. The molecule has 0 atom stereocenters. The second kappa shape index (κ2) is 6.98. The molecule has 0 amide bonds. The Labute approximate surface area is 106 Å². The summed E-state index contributed by atoms with van der Waals surface area (Å²) in [7, 11) is 10.8. The van der Waals surface area contributed by atoms with Crippen molar-refractivity contribution >= 4 is 51.6 Å². The Morgan fingerprint density at radius 1 is 1.13 bits per heavy atom. The van der Waals surface area contributed by atoms with E-state index in [0.717, 1.165) is 5.56 Å². The van der Waals surface area contributed by atoms with Gasteiger partial charge in [0, 0.05) is 0 Å². The monoisotopic (exact) mass is 304 g/mol. The Morgan fingerprint density at radius 3 is 1.73 bits per heavy atom. The topological polar surface area (TPSA) is 54.4 Å². The van der Waals surface area contributed by atoms with Gasteiger partial charge < -0.3 is 0 Å². The van der Waals surface area contributed by atoms with E-state index in [4.69, 9.17) is 34.7 Å². The van der Waals surface area contributed by atoms with E-state index in [1.165, 1.54) is 12.1 Å². The van der Waals surface area contributed by atoms with E-state index < -0.39 is 21.5 Å². The maximum Gasteiger partial charge on any atom is 0.643 e. The van der Waals surface area contributed by atoms with Gasteiger partial charge in [-0.2, -0.15) is 8.42 Å². The van der Waals surface area contributed by atoms with Gasteiger partial charge in [0.1, 0.15) is 0 Å². The highest BCUT2D eigenvalue weighted by molar-refractivity contribution is 7.85. The van der Waals surface area contributed by atoms with Gasteiger partial charge in [-0.1, -0.05) is 17.7 Å². The fraction of sp³-hybridized carbons (Fsp3) is 0.143. The molecule has 0 aliphatic heterocycles. The molecule has 0 heterocycles. The van der Waals surface area contributed by atoms with E-state index in [9.17, 15) is 8.42 Å². The molecule has 1 aromatic rings. The third-order valence-corrected chi connectivity index (χ3v) is 2.19. The lowest BCUT2D eigenvalue weighted by atomic mass is 10.2. The SMILES string of the molecule is Cc1ccc(S(=O)(=O)O)cc1.[Cl][Al]([Cl])[Cl]. The standard InChI is InChI=1S/C7H8O3S.Al.3ClH/c1-6-2-4-7(5-3-6)11(8,9)10;;;;/h2-5H,1H3,(H,8,9,10);;3*1H/q;+3;;;/p-3. The lowest BCUT2D eigenvalue weighted by Gasteiger charge is -1.95. The van der Waals surface area contributed by atoms with Gasteiger partial charge in [-0.05, 0) is 19.1 Å². The largest absolute Gasteiger partial charge is 0.643 e. The van der Waals surface area contributed by atoms with Gasteiger partial charge >= 0.3 is 11.4 Å². The van der Waals surface area contributed by atoms with Gasteiger partial charge in [0.05, 0.1) is 4.90 Å². The molecule has 0 aliphatic rings. The zero-order chi connectivity index (χ0) is 12.1. The number of benzene rings is 1. The fourth-order valence-electron chi connectivity index (χ4n) is 0.710. The first-order valence-electron chi connectivity index (χ1n) is 3.70. The molecule has 0 spiro atoms. The number of rotatable bonds is 1. The van der Waals surface area contributed by atoms with Crippen LogP contribution in [0.1, 0.15) is 5.56 Å². The molecule has 0 saturated heterocycles. The van der Waals surface area contributed by atoms with Gasteiger partial charge in [-0.15, -0.1) is 0 Å². The lowest BCUT2D eigenvalue weighted by molar-refractivity contribution is 0.483. The summed E-state index contributed by atoms with van der Waals surface area (Å²) in [4.78, 5) is -0.0666. The van der Waals surface area contributed by atoms with Crippen LogP contribution in [0.25, 0.3) is 0 Å². The first kappa shape index (κ1) is 15.5. The van der Waals surface area contributed by atoms with Crippen molar-refractivity contribution in [3.63, 3.8) is 0 Å². The number of hydrogen-bond acceptors (Lipinski definition) is 2. The van der Waals surface area contributed by atoms with Crippen molar-refractivity contribution in [2.45, 2.75) is 11.8 Å². The van der Waals surface area contributed by atoms with Crippen molar-refractivity contribution in [1.82, 2.24) is 0 Å². The molecule has 3 nitrogen and oxygen atoms in total. The van der Waals surface area contributed by atoms with Gasteiger partial charge in [0.25, 0.3) is 10.1 Å². The van der Waals surface area contributed by atoms with Crippen LogP contribution >= 0.6 is 30.1 Å². The molecule has 1 N–H and O–H groups in total. The summed E-state index contributed by atoms with van der Waals surface area (Å²) in [5, 5.41) is 0. The molecule has 0 unspecified atom stereocenters. The average Bonchev–Trinajstić information content (AvgIpc) is 2.01. The van der Waals surface area contributed by atoms with E-state index in [-0.39, 0.29) is 4.90 Å². The number of hydrogen-bond donors (Lipinski definition) is 1. The third kappa shape index (κ3) is 8.35. The quantitative estimate of drug-likeness (QED) is 0.641. The first-order valence-corrected chi connectivity index (χ1v) is 10.4. The van der Waals surface area contributed by atoms with Crippen LogP contribution in [0.4, 0.5) is 0 Å². The summed E-state index contributed by atoms with van der Waals surface area (Å²) < 4.78 is 29.6. The normalized spacial score (nSPS) is 10.2. The molecule has 84 valence electrons. The van der Waals surface area contributed by atoms with Gasteiger partial charge in [-0.3, -0.25) is 4.55 Å². The fourth-order valence-corrected chi connectivity index (χ4v) is 1.19.